The van der Waals surface area contributed by atoms with Crippen molar-refractivity contribution >= 4 is 17.8 Å². The van der Waals surface area contributed by atoms with Crippen molar-refractivity contribution in [3.8, 4) is 0 Å². The minimum Gasteiger partial charge on any atom is -0.351 e. The monoisotopic (exact) mass is 344 g/mol. The fourth-order valence-corrected chi connectivity index (χ4v) is 3.57. The third kappa shape index (κ3) is 3.99. The van der Waals surface area contributed by atoms with E-state index in [-0.39, 0.29) is 17.7 Å². The Morgan fingerprint density at radius 3 is 2.76 bits per heavy atom. The first-order chi connectivity index (χ1) is 12.0. The number of piperidine rings is 1. The minimum absolute atomic E-state index is 0.00498. The van der Waals surface area contributed by atoms with Crippen molar-refractivity contribution in [1.82, 2.24) is 20.9 Å². The number of hydrogen-bond acceptors (Lipinski definition) is 4. The van der Waals surface area contributed by atoms with Crippen LogP contribution in [0.25, 0.3) is 0 Å². The van der Waals surface area contributed by atoms with E-state index in [1.54, 1.807) is 6.92 Å². The second-order valence-electron chi connectivity index (χ2n) is 6.95. The SMILES string of the molecule is C[C@]1([C@H]2CCCN(CC(=O)NCc3ccccc3)C2)NC(=O)NC1=O. The van der Waals surface area contributed by atoms with E-state index in [1.165, 1.54) is 0 Å². The number of rotatable bonds is 5. The van der Waals surface area contributed by atoms with Crippen LogP contribution >= 0.6 is 0 Å². The van der Waals surface area contributed by atoms with Crippen LogP contribution in [0.4, 0.5) is 4.79 Å². The number of likely N-dealkylation sites (tertiary alicyclic amines) is 1. The molecule has 134 valence electrons. The Labute approximate surface area is 147 Å². The third-order valence-corrected chi connectivity index (χ3v) is 5.09. The van der Waals surface area contributed by atoms with Gasteiger partial charge in [0.25, 0.3) is 5.91 Å². The topological polar surface area (TPSA) is 90.5 Å². The molecule has 7 nitrogen and oxygen atoms in total. The summed E-state index contributed by atoms with van der Waals surface area (Å²) in [6.07, 6.45) is 1.75. The number of urea groups is 1. The predicted molar refractivity (Wildman–Crippen MR) is 92.5 cm³/mol. The van der Waals surface area contributed by atoms with Crippen LogP contribution in [0.1, 0.15) is 25.3 Å². The van der Waals surface area contributed by atoms with Crippen molar-refractivity contribution in [2.75, 3.05) is 19.6 Å². The molecule has 7 heteroatoms. The number of carbonyl (C=O) groups excluding carboxylic acids is 3. The fourth-order valence-electron chi connectivity index (χ4n) is 3.57. The molecular weight excluding hydrogens is 320 g/mol. The number of amides is 4. The molecule has 0 spiro atoms. The van der Waals surface area contributed by atoms with E-state index in [1.807, 2.05) is 30.3 Å². The second kappa shape index (κ2) is 7.23. The van der Waals surface area contributed by atoms with Gasteiger partial charge in [-0.15, -0.1) is 0 Å². The lowest BCUT2D eigenvalue weighted by atomic mass is 9.80. The van der Waals surface area contributed by atoms with Crippen LogP contribution in [-0.2, 0) is 16.1 Å². The van der Waals surface area contributed by atoms with Gasteiger partial charge >= 0.3 is 6.03 Å². The molecule has 2 aliphatic heterocycles. The molecule has 2 aliphatic rings. The standard InChI is InChI=1S/C18H24N4O3/c1-18(16(24)20-17(25)21-18)14-8-5-9-22(11-14)12-15(23)19-10-13-6-3-2-4-7-13/h2-4,6-7,14H,5,8-12H2,1H3,(H,19,23)(H2,20,21,24,25)/t14-,18+/m0/s1. The van der Waals surface area contributed by atoms with E-state index >= 15 is 0 Å². The van der Waals surface area contributed by atoms with Gasteiger partial charge in [0.05, 0.1) is 6.54 Å². The molecule has 0 saturated carbocycles. The lowest BCUT2D eigenvalue weighted by molar-refractivity contribution is -0.126. The minimum atomic E-state index is -0.893. The van der Waals surface area contributed by atoms with Gasteiger partial charge in [0.1, 0.15) is 5.54 Å². The quantitative estimate of drug-likeness (QED) is 0.683. The van der Waals surface area contributed by atoms with Gasteiger partial charge in [-0.25, -0.2) is 4.79 Å². The summed E-state index contributed by atoms with van der Waals surface area (Å²) in [5.74, 6) is -0.318. The first-order valence-electron chi connectivity index (χ1n) is 8.64. The van der Waals surface area contributed by atoms with Gasteiger partial charge in [0.2, 0.25) is 5.91 Å². The Balaban J connectivity index is 1.52. The van der Waals surface area contributed by atoms with Gasteiger partial charge in [-0.2, -0.15) is 0 Å². The molecular formula is C18H24N4O3. The number of nitrogens with zero attached hydrogens (tertiary/aromatic N) is 1. The van der Waals surface area contributed by atoms with Crippen LogP contribution < -0.4 is 16.0 Å². The van der Waals surface area contributed by atoms with Gasteiger partial charge in [0.15, 0.2) is 0 Å². The van der Waals surface area contributed by atoms with Gasteiger partial charge in [-0.1, -0.05) is 30.3 Å². The van der Waals surface area contributed by atoms with E-state index in [4.69, 9.17) is 0 Å². The molecule has 0 radical (unpaired) electrons. The van der Waals surface area contributed by atoms with Crippen LogP contribution in [0.3, 0.4) is 0 Å². The molecule has 2 fully saturated rings. The van der Waals surface area contributed by atoms with Crippen LogP contribution in [0.15, 0.2) is 30.3 Å². The summed E-state index contributed by atoms with van der Waals surface area (Å²) in [6, 6.07) is 9.33. The summed E-state index contributed by atoms with van der Waals surface area (Å²) in [6.45, 7) is 4.00. The third-order valence-electron chi connectivity index (χ3n) is 5.09. The van der Waals surface area contributed by atoms with Gasteiger partial charge in [0, 0.05) is 19.0 Å². The van der Waals surface area contributed by atoms with Crippen molar-refractivity contribution in [3.05, 3.63) is 35.9 Å². The first kappa shape index (κ1) is 17.4. The van der Waals surface area contributed by atoms with Crippen molar-refractivity contribution < 1.29 is 14.4 Å². The molecule has 0 unspecified atom stereocenters. The Morgan fingerprint density at radius 2 is 2.08 bits per heavy atom. The van der Waals surface area contributed by atoms with Gasteiger partial charge in [-0.05, 0) is 31.9 Å². The maximum Gasteiger partial charge on any atom is 0.322 e. The maximum atomic E-state index is 12.2. The number of carbonyl (C=O) groups is 3. The van der Waals surface area contributed by atoms with Gasteiger partial charge in [-0.3, -0.25) is 19.8 Å². The number of nitrogens with one attached hydrogen (secondary N) is 3. The molecule has 4 amide bonds. The summed E-state index contributed by atoms with van der Waals surface area (Å²) < 4.78 is 0. The summed E-state index contributed by atoms with van der Waals surface area (Å²) in [4.78, 5) is 37.8. The molecule has 1 aromatic carbocycles. The first-order valence-corrected chi connectivity index (χ1v) is 8.64. The highest BCUT2D eigenvalue weighted by molar-refractivity contribution is 6.07. The Morgan fingerprint density at radius 1 is 1.32 bits per heavy atom. The van der Waals surface area contributed by atoms with E-state index < -0.39 is 11.6 Å². The lowest BCUT2D eigenvalue weighted by Crippen LogP contribution is -2.56. The predicted octanol–water partition coefficient (Wildman–Crippen LogP) is 0.613. The molecule has 0 bridgehead atoms. The Kier molecular flexibility index (Phi) is 5.03. The van der Waals surface area contributed by atoms with E-state index in [0.29, 0.717) is 19.6 Å². The van der Waals surface area contributed by atoms with Crippen molar-refractivity contribution in [3.63, 3.8) is 0 Å². The van der Waals surface area contributed by atoms with E-state index in [0.717, 1.165) is 24.9 Å². The lowest BCUT2D eigenvalue weighted by Gasteiger charge is -2.39. The summed E-state index contributed by atoms with van der Waals surface area (Å²) in [7, 11) is 0. The van der Waals surface area contributed by atoms with Crippen LogP contribution in [0.5, 0.6) is 0 Å². The van der Waals surface area contributed by atoms with Crippen molar-refractivity contribution in [1.29, 1.82) is 0 Å². The van der Waals surface area contributed by atoms with Gasteiger partial charge < -0.3 is 10.6 Å². The molecule has 2 heterocycles. The Hall–Kier alpha value is -2.41. The van der Waals surface area contributed by atoms with E-state index in [2.05, 4.69) is 20.9 Å². The zero-order valence-electron chi connectivity index (χ0n) is 14.4. The zero-order valence-corrected chi connectivity index (χ0v) is 14.4. The molecule has 3 N–H and O–H groups in total. The molecule has 1 aromatic rings. The molecule has 2 saturated heterocycles. The molecule has 0 aromatic heterocycles. The highest BCUT2D eigenvalue weighted by Crippen LogP contribution is 2.29. The molecule has 3 rings (SSSR count). The fraction of sp³-hybridized carbons (Fsp3) is 0.500. The second-order valence-corrected chi connectivity index (χ2v) is 6.95. The van der Waals surface area contributed by atoms with Crippen molar-refractivity contribution in [2.45, 2.75) is 31.8 Å². The van der Waals surface area contributed by atoms with Crippen LogP contribution in [0, 0.1) is 5.92 Å². The summed E-state index contributed by atoms with van der Waals surface area (Å²) in [5.41, 5.74) is 0.168. The summed E-state index contributed by atoms with van der Waals surface area (Å²) >= 11 is 0. The van der Waals surface area contributed by atoms with Crippen LogP contribution in [-0.4, -0.2) is 47.9 Å². The highest BCUT2D eigenvalue weighted by atomic mass is 16.2. The largest absolute Gasteiger partial charge is 0.351 e. The van der Waals surface area contributed by atoms with E-state index in [9.17, 15) is 14.4 Å². The summed E-state index contributed by atoms with van der Waals surface area (Å²) in [5, 5.41) is 7.98. The number of imide groups is 1. The average molecular weight is 344 g/mol. The average Bonchev–Trinajstić information content (AvgIpc) is 2.87. The van der Waals surface area contributed by atoms with Crippen LogP contribution in [0.2, 0.25) is 0 Å². The Bertz CT molecular complexity index is 664. The highest BCUT2D eigenvalue weighted by Gasteiger charge is 2.48. The smallest absolute Gasteiger partial charge is 0.322 e. The zero-order chi connectivity index (χ0) is 17.9. The molecule has 25 heavy (non-hydrogen) atoms. The van der Waals surface area contributed by atoms with Crippen molar-refractivity contribution in [2.24, 2.45) is 5.92 Å². The number of hydrogen-bond donors (Lipinski definition) is 3. The normalized spacial score (nSPS) is 26.8. The number of benzene rings is 1. The maximum absolute atomic E-state index is 12.2. The molecule has 0 aliphatic carbocycles. The molecule has 2 atom stereocenters.